The van der Waals surface area contributed by atoms with Crippen molar-refractivity contribution >= 4 is 5.91 Å². The summed E-state index contributed by atoms with van der Waals surface area (Å²) in [6, 6.07) is 5.96. The fourth-order valence-electron chi connectivity index (χ4n) is 2.55. The van der Waals surface area contributed by atoms with Crippen LogP contribution in [-0.4, -0.2) is 30.8 Å². The largest absolute Gasteiger partial charge is 0.496 e. The Morgan fingerprint density at radius 2 is 2.05 bits per heavy atom. The number of benzene rings is 1. The smallest absolute Gasteiger partial charge is 0.230 e. The Labute approximate surface area is 132 Å². The van der Waals surface area contributed by atoms with Crippen LogP contribution in [0.1, 0.15) is 44.7 Å². The third-order valence-electron chi connectivity index (χ3n) is 4.60. The molecule has 2 rings (SSSR count). The molecule has 0 aromatic heterocycles. The molecule has 2 N–H and O–H groups in total. The Bertz CT molecular complexity index is 556. The van der Waals surface area contributed by atoms with E-state index in [1.807, 2.05) is 45.9 Å². The molecule has 122 valence electrons. The number of hydrogen-bond acceptors (Lipinski definition) is 3. The van der Waals surface area contributed by atoms with Crippen molar-refractivity contribution in [1.82, 2.24) is 5.32 Å². The average molecular weight is 305 g/mol. The lowest BCUT2D eigenvalue weighted by Gasteiger charge is -2.27. The van der Waals surface area contributed by atoms with Crippen molar-refractivity contribution in [3.05, 3.63) is 29.3 Å². The highest BCUT2D eigenvalue weighted by Gasteiger charge is 2.51. The van der Waals surface area contributed by atoms with Gasteiger partial charge in [-0.2, -0.15) is 0 Å². The Kier molecular flexibility index (Phi) is 4.52. The van der Waals surface area contributed by atoms with Crippen LogP contribution in [0.4, 0.5) is 0 Å². The van der Waals surface area contributed by atoms with Crippen molar-refractivity contribution in [3.8, 4) is 5.75 Å². The molecule has 1 aromatic carbocycles. The van der Waals surface area contributed by atoms with Crippen LogP contribution >= 0.6 is 0 Å². The van der Waals surface area contributed by atoms with Gasteiger partial charge in [-0.05, 0) is 42.4 Å². The molecule has 1 aromatic rings. The fraction of sp³-hybridized carbons (Fsp3) is 0.611. The number of rotatable bonds is 5. The maximum absolute atomic E-state index is 12.6. The van der Waals surface area contributed by atoms with Crippen molar-refractivity contribution < 1.29 is 14.6 Å². The van der Waals surface area contributed by atoms with Crippen molar-refractivity contribution in [3.63, 3.8) is 0 Å². The van der Waals surface area contributed by atoms with Gasteiger partial charge < -0.3 is 15.2 Å². The van der Waals surface area contributed by atoms with E-state index in [-0.39, 0.29) is 17.9 Å². The summed E-state index contributed by atoms with van der Waals surface area (Å²) in [4.78, 5) is 12.6. The average Bonchev–Trinajstić information content (AvgIpc) is 3.25. The topological polar surface area (TPSA) is 58.6 Å². The van der Waals surface area contributed by atoms with E-state index in [9.17, 15) is 9.90 Å². The van der Waals surface area contributed by atoms with Crippen LogP contribution in [0.25, 0.3) is 0 Å². The molecule has 4 nitrogen and oxygen atoms in total. The third-order valence-corrected chi connectivity index (χ3v) is 4.60. The molecule has 1 aliphatic carbocycles. The number of ether oxygens (including phenoxy) is 1. The van der Waals surface area contributed by atoms with Crippen LogP contribution in [0, 0.1) is 12.3 Å². The molecule has 0 heterocycles. The number of aliphatic hydroxyl groups is 1. The SMILES string of the molecule is COc1cc(C2(C(=O)NCC(O)C(C)(C)C)CC2)ccc1C. The fourth-order valence-corrected chi connectivity index (χ4v) is 2.55. The van der Waals surface area contributed by atoms with Crippen LogP contribution in [0.3, 0.4) is 0 Å². The molecular weight excluding hydrogens is 278 g/mol. The number of aryl methyl sites for hydroxylation is 1. The Morgan fingerprint density at radius 1 is 1.41 bits per heavy atom. The van der Waals surface area contributed by atoms with E-state index in [0.29, 0.717) is 0 Å². The highest BCUT2D eigenvalue weighted by molar-refractivity contribution is 5.91. The van der Waals surface area contributed by atoms with Crippen molar-refractivity contribution in [2.24, 2.45) is 5.41 Å². The number of nitrogens with one attached hydrogen (secondary N) is 1. The minimum Gasteiger partial charge on any atom is -0.496 e. The molecule has 0 bridgehead atoms. The van der Waals surface area contributed by atoms with Gasteiger partial charge in [-0.1, -0.05) is 32.9 Å². The highest BCUT2D eigenvalue weighted by atomic mass is 16.5. The zero-order valence-corrected chi connectivity index (χ0v) is 14.2. The second kappa shape index (κ2) is 5.92. The summed E-state index contributed by atoms with van der Waals surface area (Å²) in [6.45, 7) is 8.15. The number of hydrogen-bond donors (Lipinski definition) is 2. The van der Waals surface area contributed by atoms with E-state index in [1.54, 1.807) is 7.11 Å². The summed E-state index contributed by atoms with van der Waals surface area (Å²) in [7, 11) is 1.64. The summed E-state index contributed by atoms with van der Waals surface area (Å²) in [5.74, 6) is 0.813. The van der Waals surface area contributed by atoms with E-state index >= 15 is 0 Å². The minimum absolute atomic E-state index is 0.00158. The predicted octanol–water partition coefficient (Wildman–Crippen LogP) is 2.56. The molecule has 4 heteroatoms. The molecular formula is C18H27NO3. The first-order valence-corrected chi connectivity index (χ1v) is 7.82. The Balaban J connectivity index is 2.09. The molecule has 1 atom stereocenters. The van der Waals surface area contributed by atoms with Crippen LogP contribution in [-0.2, 0) is 10.2 Å². The molecule has 1 saturated carbocycles. The van der Waals surface area contributed by atoms with E-state index in [0.717, 1.165) is 29.7 Å². The summed E-state index contributed by atoms with van der Waals surface area (Å²) in [5.41, 5.74) is 1.37. The van der Waals surface area contributed by atoms with Gasteiger partial charge in [-0.15, -0.1) is 0 Å². The zero-order valence-electron chi connectivity index (χ0n) is 14.2. The van der Waals surface area contributed by atoms with Crippen LogP contribution < -0.4 is 10.1 Å². The number of aliphatic hydroxyl groups excluding tert-OH is 1. The molecule has 22 heavy (non-hydrogen) atoms. The van der Waals surface area contributed by atoms with Gasteiger partial charge in [0.2, 0.25) is 5.91 Å². The van der Waals surface area contributed by atoms with Crippen molar-refractivity contribution in [1.29, 1.82) is 0 Å². The lowest BCUT2D eigenvalue weighted by Crippen LogP contribution is -2.43. The number of carbonyl (C=O) groups excluding carboxylic acids is 1. The number of carbonyl (C=O) groups is 1. The summed E-state index contributed by atoms with van der Waals surface area (Å²) in [5, 5.41) is 13.0. The normalized spacial score (nSPS) is 17.7. The van der Waals surface area contributed by atoms with Gasteiger partial charge in [-0.25, -0.2) is 0 Å². The first kappa shape index (κ1) is 16.8. The molecule has 1 aliphatic rings. The second-order valence-corrected chi connectivity index (χ2v) is 7.36. The second-order valence-electron chi connectivity index (χ2n) is 7.36. The van der Waals surface area contributed by atoms with Crippen LogP contribution in [0.15, 0.2) is 18.2 Å². The molecule has 1 amide bonds. The van der Waals surface area contributed by atoms with E-state index in [4.69, 9.17) is 4.74 Å². The summed E-state index contributed by atoms with van der Waals surface area (Å²) < 4.78 is 5.36. The molecule has 0 saturated heterocycles. The lowest BCUT2D eigenvalue weighted by atomic mass is 9.88. The number of amides is 1. The zero-order chi connectivity index (χ0) is 16.5. The summed E-state index contributed by atoms with van der Waals surface area (Å²) in [6.07, 6.45) is 1.13. The van der Waals surface area contributed by atoms with Crippen LogP contribution in [0.5, 0.6) is 5.75 Å². The lowest BCUT2D eigenvalue weighted by molar-refractivity contribution is -0.124. The van der Waals surface area contributed by atoms with Gasteiger partial charge in [0.1, 0.15) is 5.75 Å². The molecule has 0 aliphatic heterocycles. The van der Waals surface area contributed by atoms with Gasteiger partial charge in [0.05, 0.1) is 18.6 Å². The Hall–Kier alpha value is -1.55. The standard InChI is InChI=1S/C18H27NO3/c1-12-6-7-13(10-14(12)22-5)18(8-9-18)16(21)19-11-15(20)17(2,3)4/h6-7,10,15,20H,8-9,11H2,1-5H3,(H,19,21). The maximum atomic E-state index is 12.6. The maximum Gasteiger partial charge on any atom is 0.230 e. The highest BCUT2D eigenvalue weighted by Crippen LogP contribution is 2.49. The molecule has 0 radical (unpaired) electrons. The monoisotopic (exact) mass is 305 g/mol. The molecule has 0 spiro atoms. The van der Waals surface area contributed by atoms with Gasteiger partial charge >= 0.3 is 0 Å². The van der Waals surface area contributed by atoms with Gasteiger partial charge in [0.25, 0.3) is 0 Å². The van der Waals surface area contributed by atoms with Gasteiger partial charge in [-0.3, -0.25) is 4.79 Å². The molecule has 1 unspecified atom stereocenters. The summed E-state index contributed by atoms with van der Waals surface area (Å²) >= 11 is 0. The third kappa shape index (κ3) is 3.27. The first-order chi connectivity index (χ1) is 10.2. The molecule has 1 fully saturated rings. The van der Waals surface area contributed by atoms with Gasteiger partial charge in [0, 0.05) is 6.54 Å². The van der Waals surface area contributed by atoms with E-state index < -0.39 is 11.5 Å². The van der Waals surface area contributed by atoms with E-state index in [1.165, 1.54) is 0 Å². The predicted molar refractivity (Wildman–Crippen MR) is 87.1 cm³/mol. The first-order valence-electron chi connectivity index (χ1n) is 7.82. The van der Waals surface area contributed by atoms with E-state index in [2.05, 4.69) is 5.32 Å². The Morgan fingerprint density at radius 3 is 2.55 bits per heavy atom. The van der Waals surface area contributed by atoms with Crippen molar-refractivity contribution in [2.45, 2.75) is 52.1 Å². The minimum atomic E-state index is -0.556. The van der Waals surface area contributed by atoms with Gasteiger partial charge in [0.15, 0.2) is 0 Å². The number of methoxy groups -OCH3 is 1. The van der Waals surface area contributed by atoms with Crippen LogP contribution in [0.2, 0.25) is 0 Å². The quantitative estimate of drug-likeness (QED) is 0.879. The van der Waals surface area contributed by atoms with Crippen molar-refractivity contribution in [2.75, 3.05) is 13.7 Å².